The van der Waals surface area contributed by atoms with Crippen molar-refractivity contribution in [1.29, 1.82) is 0 Å². The summed E-state index contributed by atoms with van der Waals surface area (Å²) in [6, 6.07) is 3.76. The van der Waals surface area contributed by atoms with Gasteiger partial charge in [0.25, 0.3) is 5.69 Å². The van der Waals surface area contributed by atoms with Crippen molar-refractivity contribution in [2.45, 2.75) is 12.7 Å². The van der Waals surface area contributed by atoms with E-state index in [9.17, 15) is 23.7 Å². The molecule has 0 amide bonds. The maximum atomic E-state index is 11.1. The van der Waals surface area contributed by atoms with Crippen LogP contribution in [0.25, 0.3) is 0 Å². The summed E-state index contributed by atoms with van der Waals surface area (Å²) in [5.41, 5.74) is -0.106. The van der Waals surface area contributed by atoms with Gasteiger partial charge < -0.3 is 4.55 Å². The van der Waals surface area contributed by atoms with Gasteiger partial charge in [0.05, 0.1) is 10.5 Å². The lowest BCUT2D eigenvalue weighted by Gasteiger charge is -2.06. The van der Waals surface area contributed by atoms with E-state index in [-0.39, 0.29) is 22.6 Å². The third-order valence-corrected chi connectivity index (χ3v) is 2.49. The lowest BCUT2D eigenvalue weighted by molar-refractivity contribution is -0.385. The number of nitrogens with zero attached hydrogens (tertiary/aromatic N) is 1. The smallest absolute Gasteiger partial charge is 0.280 e. The van der Waals surface area contributed by atoms with Crippen LogP contribution in [-0.2, 0) is 16.8 Å². The molecular formula is C9H8NO5S-. The number of hydrogen-bond donors (Lipinski definition) is 0. The first kappa shape index (κ1) is 12.5. The summed E-state index contributed by atoms with van der Waals surface area (Å²) in [5, 5.41) is 10.7. The van der Waals surface area contributed by atoms with Crippen molar-refractivity contribution in [3.05, 3.63) is 39.4 Å². The normalized spacial score (nSPS) is 12.1. The van der Waals surface area contributed by atoms with Crippen molar-refractivity contribution in [2.75, 3.05) is 0 Å². The summed E-state index contributed by atoms with van der Waals surface area (Å²) in [6.45, 7) is 1.22. The highest BCUT2D eigenvalue weighted by molar-refractivity contribution is 7.78. The molecule has 0 spiro atoms. The molecule has 0 saturated carbocycles. The Kier molecular flexibility index (Phi) is 3.86. The highest BCUT2D eigenvalue weighted by Gasteiger charge is 2.17. The van der Waals surface area contributed by atoms with E-state index in [1.54, 1.807) is 0 Å². The molecule has 1 unspecified atom stereocenters. The van der Waals surface area contributed by atoms with E-state index < -0.39 is 21.8 Å². The number of hydrogen-bond acceptors (Lipinski definition) is 5. The van der Waals surface area contributed by atoms with E-state index in [0.29, 0.717) is 0 Å². The van der Waals surface area contributed by atoms with Crippen molar-refractivity contribution < 1.29 is 18.5 Å². The van der Waals surface area contributed by atoms with Crippen molar-refractivity contribution >= 4 is 22.6 Å². The van der Waals surface area contributed by atoms with Gasteiger partial charge >= 0.3 is 0 Å². The molecule has 0 aliphatic rings. The second-order valence-corrected chi connectivity index (χ2v) is 4.01. The SMILES string of the molecule is CC(=O)c1ccc(CS(=O)[O-])cc1[N+](=O)[O-]. The number of nitro groups is 1. The topological polar surface area (TPSA) is 100 Å². The highest BCUT2D eigenvalue weighted by Crippen LogP contribution is 2.21. The molecule has 0 saturated heterocycles. The number of ketones is 1. The Labute approximate surface area is 93.7 Å². The molecule has 0 radical (unpaired) electrons. The van der Waals surface area contributed by atoms with Crippen LogP contribution in [0.1, 0.15) is 22.8 Å². The van der Waals surface area contributed by atoms with E-state index in [4.69, 9.17) is 0 Å². The van der Waals surface area contributed by atoms with Crippen molar-refractivity contribution in [3.63, 3.8) is 0 Å². The van der Waals surface area contributed by atoms with Crippen LogP contribution < -0.4 is 0 Å². The monoisotopic (exact) mass is 242 g/mol. The van der Waals surface area contributed by atoms with E-state index >= 15 is 0 Å². The number of carbonyl (C=O) groups is 1. The molecule has 0 fully saturated rings. The minimum absolute atomic E-state index is 0.0227. The predicted octanol–water partition coefficient (Wildman–Crippen LogP) is 1.18. The van der Waals surface area contributed by atoms with Crippen molar-refractivity contribution in [1.82, 2.24) is 0 Å². The van der Waals surface area contributed by atoms with Gasteiger partial charge in [0.15, 0.2) is 5.78 Å². The number of carbonyl (C=O) groups excluding carboxylic acids is 1. The summed E-state index contributed by atoms with van der Waals surface area (Å²) in [7, 11) is 0. The minimum atomic E-state index is -2.31. The van der Waals surface area contributed by atoms with E-state index in [1.165, 1.54) is 19.1 Å². The second-order valence-electron chi connectivity index (χ2n) is 3.11. The van der Waals surface area contributed by atoms with Crippen molar-refractivity contribution in [2.24, 2.45) is 0 Å². The number of nitro benzene ring substituents is 1. The lowest BCUT2D eigenvalue weighted by Crippen LogP contribution is -2.02. The van der Waals surface area contributed by atoms with Crippen LogP contribution in [0.15, 0.2) is 18.2 Å². The predicted molar refractivity (Wildman–Crippen MR) is 55.7 cm³/mol. The standard InChI is InChI=1S/C9H9NO5S/c1-6(11)8-3-2-7(5-16(14)15)4-9(8)10(12)13/h2-4H,5H2,1H3,(H,14,15)/p-1. The Hall–Kier alpha value is -1.60. The molecular weight excluding hydrogens is 234 g/mol. The van der Waals surface area contributed by atoms with Crippen molar-refractivity contribution in [3.8, 4) is 0 Å². The lowest BCUT2D eigenvalue weighted by atomic mass is 10.1. The van der Waals surface area contributed by atoms with Gasteiger partial charge in [0.1, 0.15) is 0 Å². The van der Waals surface area contributed by atoms with E-state index in [1.807, 2.05) is 0 Å². The molecule has 1 rings (SSSR count). The number of rotatable bonds is 4. The molecule has 86 valence electrons. The molecule has 1 aromatic rings. The van der Waals surface area contributed by atoms with E-state index in [0.717, 1.165) is 6.07 Å². The van der Waals surface area contributed by atoms with Crippen LogP contribution in [0.4, 0.5) is 5.69 Å². The maximum absolute atomic E-state index is 11.1. The fourth-order valence-corrected chi connectivity index (χ4v) is 1.70. The first-order valence-corrected chi connectivity index (χ1v) is 5.50. The maximum Gasteiger partial charge on any atom is 0.280 e. The van der Waals surface area contributed by atoms with Gasteiger partial charge in [-0.3, -0.25) is 19.1 Å². The molecule has 0 aromatic heterocycles. The Balaban J connectivity index is 3.22. The van der Waals surface area contributed by atoms with Gasteiger partial charge in [-0.2, -0.15) is 0 Å². The zero-order chi connectivity index (χ0) is 12.3. The fraction of sp³-hybridized carbons (Fsp3) is 0.222. The molecule has 0 N–H and O–H groups in total. The molecule has 0 aliphatic heterocycles. The van der Waals surface area contributed by atoms with Crippen LogP contribution in [0, 0.1) is 10.1 Å². The molecule has 1 aromatic carbocycles. The van der Waals surface area contributed by atoms with Crippen LogP contribution in [0.5, 0.6) is 0 Å². The largest absolute Gasteiger partial charge is 0.772 e. The Morgan fingerprint density at radius 1 is 1.50 bits per heavy atom. The summed E-state index contributed by atoms with van der Waals surface area (Å²) >= 11 is -2.31. The minimum Gasteiger partial charge on any atom is -0.772 e. The Morgan fingerprint density at radius 2 is 2.12 bits per heavy atom. The summed E-state index contributed by atoms with van der Waals surface area (Å²) < 4.78 is 20.9. The van der Waals surface area contributed by atoms with Gasteiger partial charge in [-0.1, -0.05) is 17.1 Å². The molecule has 1 atom stereocenters. The summed E-state index contributed by atoms with van der Waals surface area (Å²) in [5.74, 6) is -0.736. The van der Waals surface area contributed by atoms with Crippen LogP contribution in [-0.4, -0.2) is 19.5 Å². The third kappa shape index (κ3) is 2.94. The fourth-order valence-electron chi connectivity index (χ4n) is 1.25. The molecule has 6 nitrogen and oxygen atoms in total. The zero-order valence-electron chi connectivity index (χ0n) is 8.34. The van der Waals surface area contributed by atoms with E-state index in [2.05, 4.69) is 0 Å². The van der Waals surface area contributed by atoms with Crippen LogP contribution in [0.3, 0.4) is 0 Å². The van der Waals surface area contributed by atoms with Gasteiger partial charge in [0, 0.05) is 11.8 Å². The first-order valence-electron chi connectivity index (χ1n) is 4.26. The third-order valence-electron chi connectivity index (χ3n) is 1.92. The quantitative estimate of drug-likeness (QED) is 0.341. The number of Topliss-reactive ketones (excluding diaryl/α,β-unsaturated/α-hetero) is 1. The molecule has 0 heterocycles. The average molecular weight is 242 g/mol. The molecule has 0 aliphatic carbocycles. The Morgan fingerprint density at radius 3 is 2.56 bits per heavy atom. The summed E-state index contributed by atoms with van der Waals surface area (Å²) in [6.07, 6.45) is 0. The Bertz CT molecular complexity index is 471. The second kappa shape index (κ2) is 4.95. The van der Waals surface area contributed by atoms with Gasteiger partial charge in [-0.25, -0.2) is 0 Å². The van der Waals surface area contributed by atoms with Gasteiger partial charge in [-0.05, 0) is 18.6 Å². The van der Waals surface area contributed by atoms with Gasteiger partial charge in [0.2, 0.25) is 0 Å². The first-order chi connectivity index (χ1) is 7.41. The van der Waals surface area contributed by atoms with Crippen LogP contribution >= 0.6 is 0 Å². The summed E-state index contributed by atoms with van der Waals surface area (Å²) in [4.78, 5) is 21.0. The number of benzene rings is 1. The molecule has 16 heavy (non-hydrogen) atoms. The average Bonchev–Trinajstić information content (AvgIpc) is 2.16. The van der Waals surface area contributed by atoms with Gasteiger partial charge in [-0.15, -0.1) is 0 Å². The van der Waals surface area contributed by atoms with Crippen LogP contribution in [0.2, 0.25) is 0 Å². The highest BCUT2D eigenvalue weighted by atomic mass is 32.2. The molecule has 0 bridgehead atoms. The zero-order valence-corrected chi connectivity index (χ0v) is 9.15. The molecule has 7 heteroatoms.